The van der Waals surface area contributed by atoms with E-state index in [9.17, 15) is 0 Å². The lowest BCUT2D eigenvalue weighted by atomic mass is 10.1. The number of para-hydroxylation sites is 1. The van der Waals surface area contributed by atoms with Gasteiger partial charge in [0.15, 0.2) is 5.96 Å². The zero-order valence-electron chi connectivity index (χ0n) is 20.0. The maximum absolute atomic E-state index is 5.98. The summed E-state index contributed by atoms with van der Waals surface area (Å²) >= 11 is 0. The molecule has 7 nitrogen and oxygen atoms in total. The number of ether oxygens (including phenoxy) is 2. The first-order chi connectivity index (χ1) is 15.7. The molecule has 1 aliphatic heterocycles. The number of halogens is 1. The van der Waals surface area contributed by atoms with Crippen LogP contribution in [0.4, 0.5) is 0 Å². The maximum atomic E-state index is 5.98. The fourth-order valence-electron chi connectivity index (χ4n) is 3.59. The molecule has 0 aliphatic carbocycles. The van der Waals surface area contributed by atoms with Crippen LogP contribution in [-0.4, -0.2) is 76.4 Å². The minimum atomic E-state index is 0. The minimum Gasteiger partial charge on any atom is -0.492 e. The van der Waals surface area contributed by atoms with Gasteiger partial charge in [0.2, 0.25) is 0 Å². The monoisotopic (exact) mass is 567 g/mol. The van der Waals surface area contributed by atoms with E-state index in [0.29, 0.717) is 13.2 Å². The molecule has 0 unspecified atom stereocenters. The lowest BCUT2D eigenvalue weighted by molar-refractivity contribution is 0.0341. The molecule has 182 valence electrons. The molecule has 0 aromatic heterocycles. The SMILES string of the molecule is CN=C(NCc1ccccc1CN1CCOCC1)NCc1ccccc1OCCN(C)C.I. The first kappa shape index (κ1) is 27.4. The zero-order valence-corrected chi connectivity index (χ0v) is 22.4. The number of benzene rings is 2. The molecule has 0 bridgehead atoms. The maximum Gasteiger partial charge on any atom is 0.191 e. The van der Waals surface area contributed by atoms with Crippen molar-refractivity contribution in [1.29, 1.82) is 0 Å². The molecule has 0 amide bonds. The average Bonchev–Trinajstić information content (AvgIpc) is 2.81. The Morgan fingerprint density at radius 3 is 2.24 bits per heavy atom. The summed E-state index contributed by atoms with van der Waals surface area (Å²) in [4.78, 5) is 8.96. The highest BCUT2D eigenvalue weighted by Crippen LogP contribution is 2.18. The molecule has 3 rings (SSSR count). The van der Waals surface area contributed by atoms with Crippen LogP contribution in [0, 0.1) is 0 Å². The molecule has 0 atom stereocenters. The second kappa shape index (κ2) is 15.1. The number of nitrogens with one attached hydrogen (secondary N) is 2. The van der Waals surface area contributed by atoms with Crippen LogP contribution < -0.4 is 15.4 Å². The van der Waals surface area contributed by atoms with Gasteiger partial charge in [-0.2, -0.15) is 0 Å². The van der Waals surface area contributed by atoms with Crippen LogP contribution in [0.15, 0.2) is 53.5 Å². The third-order valence-corrected chi connectivity index (χ3v) is 5.50. The van der Waals surface area contributed by atoms with Gasteiger partial charge in [0.1, 0.15) is 12.4 Å². The molecule has 0 radical (unpaired) electrons. The van der Waals surface area contributed by atoms with Crippen LogP contribution in [0.3, 0.4) is 0 Å². The van der Waals surface area contributed by atoms with Gasteiger partial charge in [-0.25, -0.2) is 0 Å². The average molecular weight is 568 g/mol. The van der Waals surface area contributed by atoms with Crippen LogP contribution in [0.2, 0.25) is 0 Å². The molecule has 2 aromatic carbocycles. The highest BCUT2D eigenvalue weighted by molar-refractivity contribution is 14.0. The topological polar surface area (TPSA) is 61.4 Å². The normalized spacial score (nSPS) is 14.6. The number of likely N-dealkylation sites (N-methyl/N-ethyl adjacent to an activating group) is 1. The van der Waals surface area contributed by atoms with Gasteiger partial charge in [0.05, 0.1) is 13.2 Å². The van der Waals surface area contributed by atoms with Gasteiger partial charge in [-0.15, -0.1) is 24.0 Å². The standard InChI is InChI=1S/C25H37N5O2.HI/c1-26-25(28-19-22-9-6-7-11-24(22)32-17-12-29(2)3)27-18-21-8-4-5-10-23(21)20-30-13-15-31-16-14-30;/h4-11H,12-20H2,1-3H3,(H2,26,27,28);1H. The Morgan fingerprint density at radius 2 is 1.58 bits per heavy atom. The Kier molecular flexibility index (Phi) is 12.5. The van der Waals surface area contributed by atoms with E-state index < -0.39 is 0 Å². The van der Waals surface area contributed by atoms with Crippen molar-refractivity contribution < 1.29 is 9.47 Å². The fraction of sp³-hybridized carbons (Fsp3) is 0.480. The molecular formula is C25H38IN5O2. The molecule has 0 saturated carbocycles. The van der Waals surface area contributed by atoms with Crippen molar-refractivity contribution in [2.45, 2.75) is 19.6 Å². The van der Waals surface area contributed by atoms with Crippen LogP contribution in [-0.2, 0) is 24.4 Å². The number of hydrogen-bond donors (Lipinski definition) is 2. The van der Waals surface area contributed by atoms with Crippen molar-refractivity contribution in [2.24, 2.45) is 4.99 Å². The van der Waals surface area contributed by atoms with E-state index in [-0.39, 0.29) is 24.0 Å². The lowest BCUT2D eigenvalue weighted by Crippen LogP contribution is -2.37. The quantitative estimate of drug-likeness (QED) is 0.262. The molecular weight excluding hydrogens is 529 g/mol. The van der Waals surface area contributed by atoms with Crippen LogP contribution >= 0.6 is 24.0 Å². The predicted molar refractivity (Wildman–Crippen MR) is 145 cm³/mol. The predicted octanol–water partition coefficient (Wildman–Crippen LogP) is 2.94. The van der Waals surface area contributed by atoms with E-state index in [1.54, 1.807) is 7.05 Å². The number of morpholine rings is 1. The minimum absolute atomic E-state index is 0. The molecule has 0 spiro atoms. The number of aliphatic imine (C=N–C) groups is 1. The summed E-state index contributed by atoms with van der Waals surface area (Å²) in [5.74, 6) is 1.68. The summed E-state index contributed by atoms with van der Waals surface area (Å²) in [7, 11) is 5.89. The molecule has 8 heteroatoms. The van der Waals surface area contributed by atoms with Gasteiger partial charge in [-0.1, -0.05) is 42.5 Å². The smallest absolute Gasteiger partial charge is 0.191 e. The second-order valence-corrected chi connectivity index (χ2v) is 8.20. The van der Waals surface area contributed by atoms with Crippen LogP contribution in [0.25, 0.3) is 0 Å². The second-order valence-electron chi connectivity index (χ2n) is 8.20. The fourth-order valence-corrected chi connectivity index (χ4v) is 3.59. The number of hydrogen-bond acceptors (Lipinski definition) is 5. The zero-order chi connectivity index (χ0) is 22.6. The van der Waals surface area contributed by atoms with E-state index in [1.807, 2.05) is 32.3 Å². The van der Waals surface area contributed by atoms with Crippen molar-refractivity contribution in [2.75, 3.05) is 60.6 Å². The Morgan fingerprint density at radius 1 is 0.970 bits per heavy atom. The highest BCUT2D eigenvalue weighted by Gasteiger charge is 2.13. The van der Waals surface area contributed by atoms with Crippen molar-refractivity contribution >= 4 is 29.9 Å². The van der Waals surface area contributed by atoms with E-state index in [0.717, 1.165) is 63.2 Å². The van der Waals surface area contributed by atoms with Gasteiger partial charge in [0, 0.05) is 51.9 Å². The molecule has 33 heavy (non-hydrogen) atoms. The van der Waals surface area contributed by atoms with Crippen molar-refractivity contribution in [3.63, 3.8) is 0 Å². The molecule has 1 aliphatic rings. The summed E-state index contributed by atoms with van der Waals surface area (Å²) in [5.41, 5.74) is 3.74. The highest BCUT2D eigenvalue weighted by atomic mass is 127. The summed E-state index contributed by atoms with van der Waals surface area (Å²) in [6.45, 7) is 7.47. The van der Waals surface area contributed by atoms with E-state index >= 15 is 0 Å². The largest absolute Gasteiger partial charge is 0.492 e. The van der Waals surface area contributed by atoms with E-state index in [4.69, 9.17) is 9.47 Å². The third kappa shape index (κ3) is 9.48. The third-order valence-electron chi connectivity index (χ3n) is 5.50. The van der Waals surface area contributed by atoms with Gasteiger partial charge < -0.3 is 25.0 Å². The summed E-state index contributed by atoms with van der Waals surface area (Å²) in [5, 5.41) is 6.88. The molecule has 2 N–H and O–H groups in total. The number of guanidine groups is 1. The molecule has 1 heterocycles. The molecule has 1 fully saturated rings. The molecule has 2 aromatic rings. The van der Waals surface area contributed by atoms with Gasteiger partial charge in [-0.3, -0.25) is 9.89 Å². The van der Waals surface area contributed by atoms with Crippen molar-refractivity contribution in [3.05, 3.63) is 65.2 Å². The number of nitrogens with zero attached hydrogens (tertiary/aromatic N) is 3. The Balaban J connectivity index is 0.00000385. The Labute approximate surface area is 215 Å². The van der Waals surface area contributed by atoms with Gasteiger partial charge in [0.25, 0.3) is 0 Å². The lowest BCUT2D eigenvalue weighted by Gasteiger charge is -2.27. The summed E-state index contributed by atoms with van der Waals surface area (Å²) in [6, 6.07) is 16.7. The Hall–Kier alpha value is -1.88. The van der Waals surface area contributed by atoms with E-state index in [1.165, 1.54) is 11.1 Å². The Bertz CT molecular complexity index is 856. The van der Waals surface area contributed by atoms with Crippen molar-refractivity contribution in [1.82, 2.24) is 20.4 Å². The first-order valence-corrected chi connectivity index (χ1v) is 11.3. The van der Waals surface area contributed by atoms with E-state index in [2.05, 4.69) is 55.8 Å². The molecule has 1 saturated heterocycles. The van der Waals surface area contributed by atoms with Gasteiger partial charge >= 0.3 is 0 Å². The van der Waals surface area contributed by atoms with Crippen LogP contribution in [0.5, 0.6) is 5.75 Å². The summed E-state index contributed by atoms with van der Waals surface area (Å²) < 4.78 is 11.5. The number of rotatable bonds is 10. The first-order valence-electron chi connectivity index (χ1n) is 11.3. The van der Waals surface area contributed by atoms with Crippen LogP contribution in [0.1, 0.15) is 16.7 Å². The summed E-state index contributed by atoms with van der Waals surface area (Å²) in [6.07, 6.45) is 0. The van der Waals surface area contributed by atoms with Gasteiger partial charge in [-0.05, 0) is 31.3 Å². The van der Waals surface area contributed by atoms with Crippen molar-refractivity contribution in [3.8, 4) is 5.75 Å².